The maximum Gasteiger partial charge on any atom is 0.259 e. The van der Waals surface area contributed by atoms with Crippen LogP contribution in [0.25, 0.3) is 10.2 Å². The zero-order chi connectivity index (χ0) is 18.3. The highest BCUT2D eigenvalue weighted by molar-refractivity contribution is 7.18. The molecule has 0 unspecified atom stereocenters. The molecule has 0 aromatic carbocycles. The van der Waals surface area contributed by atoms with Gasteiger partial charge in [0.1, 0.15) is 28.3 Å². The van der Waals surface area contributed by atoms with Gasteiger partial charge < -0.3 is 14.3 Å². The summed E-state index contributed by atoms with van der Waals surface area (Å²) in [6.45, 7) is 8.67. The Balaban J connectivity index is 1.52. The lowest BCUT2D eigenvalue weighted by atomic mass is 10.1. The number of thiophene rings is 1. The van der Waals surface area contributed by atoms with E-state index in [0.29, 0.717) is 30.8 Å². The number of anilines is 1. The van der Waals surface area contributed by atoms with Gasteiger partial charge in [0.05, 0.1) is 11.1 Å². The van der Waals surface area contributed by atoms with Crippen molar-refractivity contribution in [2.75, 3.05) is 31.1 Å². The molecule has 1 saturated heterocycles. The van der Waals surface area contributed by atoms with Crippen LogP contribution in [0.3, 0.4) is 0 Å². The van der Waals surface area contributed by atoms with Gasteiger partial charge in [-0.2, -0.15) is 0 Å². The number of aromatic nitrogens is 3. The fourth-order valence-electron chi connectivity index (χ4n) is 3.43. The van der Waals surface area contributed by atoms with E-state index in [1.54, 1.807) is 24.6 Å². The number of hydrogen-bond acceptors (Lipinski definition) is 7. The Morgan fingerprint density at radius 3 is 2.73 bits per heavy atom. The van der Waals surface area contributed by atoms with Crippen molar-refractivity contribution >= 4 is 33.3 Å². The van der Waals surface area contributed by atoms with Crippen molar-refractivity contribution in [1.82, 2.24) is 20.0 Å². The normalized spacial score (nSPS) is 15.0. The monoisotopic (exact) mass is 371 g/mol. The lowest BCUT2D eigenvalue weighted by Crippen LogP contribution is -2.49. The van der Waals surface area contributed by atoms with Gasteiger partial charge in [-0.1, -0.05) is 12.1 Å². The van der Waals surface area contributed by atoms with E-state index in [-0.39, 0.29) is 5.91 Å². The second-order valence-corrected chi connectivity index (χ2v) is 7.70. The molecule has 0 atom stereocenters. The minimum absolute atomic E-state index is 0.0134. The number of amides is 1. The van der Waals surface area contributed by atoms with Crippen LogP contribution in [0, 0.1) is 13.8 Å². The quantitative estimate of drug-likeness (QED) is 0.705. The third-order valence-electron chi connectivity index (χ3n) is 4.78. The van der Waals surface area contributed by atoms with Gasteiger partial charge in [-0.25, -0.2) is 9.97 Å². The number of aryl methyl sites for hydroxylation is 3. The molecule has 1 amide bonds. The van der Waals surface area contributed by atoms with Crippen LogP contribution in [0.4, 0.5) is 5.82 Å². The Bertz CT molecular complexity index is 956. The van der Waals surface area contributed by atoms with Crippen LogP contribution in [-0.2, 0) is 6.42 Å². The second-order valence-electron chi connectivity index (χ2n) is 6.47. The number of hydrogen-bond donors (Lipinski definition) is 0. The van der Waals surface area contributed by atoms with Crippen LogP contribution in [0.2, 0.25) is 0 Å². The molecule has 1 aliphatic heterocycles. The van der Waals surface area contributed by atoms with E-state index in [1.807, 2.05) is 11.8 Å². The molecular weight excluding hydrogens is 350 g/mol. The van der Waals surface area contributed by atoms with Crippen LogP contribution in [0.15, 0.2) is 16.9 Å². The molecule has 26 heavy (non-hydrogen) atoms. The second kappa shape index (κ2) is 6.68. The summed E-state index contributed by atoms with van der Waals surface area (Å²) in [5, 5.41) is 5.10. The molecule has 3 aromatic heterocycles. The van der Waals surface area contributed by atoms with Crippen LogP contribution >= 0.6 is 11.3 Å². The summed E-state index contributed by atoms with van der Waals surface area (Å²) in [6.07, 6.45) is 2.31. The molecule has 8 heteroatoms. The van der Waals surface area contributed by atoms with E-state index in [4.69, 9.17) is 4.52 Å². The van der Waals surface area contributed by atoms with E-state index in [0.717, 1.165) is 34.8 Å². The molecule has 136 valence electrons. The Morgan fingerprint density at radius 1 is 1.23 bits per heavy atom. The number of fused-ring (bicyclic) bond motifs is 1. The first-order valence-corrected chi connectivity index (χ1v) is 9.60. The zero-order valence-corrected chi connectivity index (χ0v) is 16.0. The third kappa shape index (κ3) is 2.84. The van der Waals surface area contributed by atoms with Gasteiger partial charge in [-0.3, -0.25) is 4.79 Å². The van der Waals surface area contributed by atoms with Crippen LogP contribution in [0.1, 0.15) is 33.6 Å². The van der Waals surface area contributed by atoms with E-state index >= 15 is 0 Å². The Kier molecular flexibility index (Phi) is 4.36. The molecule has 1 fully saturated rings. The van der Waals surface area contributed by atoms with Crippen molar-refractivity contribution in [3.63, 3.8) is 0 Å². The summed E-state index contributed by atoms with van der Waals surface area (Å²) in [4.78, 5) is 28.1. The first-order valence-electron chi connectivity index (χ1n) is 8.79. The molecule has 0 saturated carbocycles. The maximum absolute atomic E-state index is 12.9. The van der Waals surface area contributed by atoms with Crippen molar-refractivity contribution < 1.29 is 9.32 Å². The summed E-state index contributed by atoms with van der Waals surface area (Å²) >= 11 is 1.68. The van der Waals surface area contributed by atoms with E-state index < -0.39 is 0 Å². The summed E-state index contributed by atoms with van der Waals surface area (Å²) in [5.74, 6) is 1.57. The van der Waals surface area contributed by atoms with E-state index in [9.17, 15) is 4.79 Å². The molecule has 3 aromatic rings. The van der Waals surface area contributed by atoms with Crippen LogP contribution < -0.4 is 4.90 Å². The summed E-state index contributed by atoms with van der Waals surface area (Å²) < 4.78 is 5.22. The third-order valence-corrected chi connectivity index (χ3v) is 5.74. The van der Waals surface area contributed by atoms with Gasteiger partial charge in [-0.05, 0) is 26.3 Å². The first kappa shape index (κ1) is 17.0. The van der Waals surface area contributed by atoms with Gasteiger partial charge >= 0.3 is 0 Å². The minimum Gasteiger partial charge on any atom is -0.361 e. The standard InChI is InChI=1S/C18H21N5O2S/c1-4-14-15(12(3)25-21-14)18(24)23-7-5-22(6-8-23)16-13-9-11(2)26-17(13)20-10-19-16/h9-10H,4-8H2,1-3H3. The van der Waals surface area contributed by atoms with Crippen molar-refractivity contribution in [2.24, 2.45) is 0 Å². The van der Waals surface area contributed by atoms with Crippen molar-refractivity contribution in [2.45, 2.75) is 27.2 Å². The Labute approximate surface area is 155 Å². The average Bonchev–Trinajstić information content (AvgIpc) is 3.22. The van der Waals surface area contributed by atoms with Crippen molar-refractivity contribution in [1.29, 1.82) is 0 Å². The molecule has 0 aliphatic carbocycles. The predicted molar refractivity (Wildman–Crippen MR) is 101 cm³/mol. The van der Waals surface area contributed by atoms with Gasteiger partial charge in [0.25, 0.3) is 5.91 Å². The highest BCUT2D eigenvalue weighted by Gasteiger charge is 2.28. The summed E-state index contributed by atoms with van der Waals surface area (Å²) in [7, 11) is 0. The first-order chi connectivity index (χ1) is 12.6. The lowest BCUT2D eigenvalue weighted by Gasteiger charge is -2.35. The molecule has 0 spiro atoms. The molecule has 0 radical (unpaired) electrons. The highest BCUT2D eigenvalue weighted by atomic mass is 32.1. The number of nitrogens with zero attached hydrogens (tertiary/aromatic N) is 5. The Hall–Kier alpha value is -2.48. The molecule has 7 nitrogen and oxygen atoms in total. The molecule has 1 aliphatic rings. The highest BCUT2D eigenvalue weighted by Crippen LogP contribution is 2.30. The molecular formula is C18H21N5O2S. The molecule has 4 rings (SSSR count). The minimum atomic E-state index is 0.0134. The average molecular weight is 371 g/mol. The van der Waals surface area contributed by atoms with Crippen LogP contribution in [-0.4, -0.2) is 52.1 Å². The van der Waals surface area contributed by atoms with E-state index in [1.165, 1.54) is 4.88 Å². The number of rotatable bonds is 3. The smallest absolute Gasteiger partial charge is 0.259 e. The topological polar surface area (TPSA) is 75.4 Å². The predicted octanol–water partition coefficient (Wildman–Crippen LogP) is 2.82. The van der Waals surface area contributed by atoms with Crippen LogP contribution in [0.5, 0.6) is 0 Å². The maximum atomic E-state index is 12.9. The van der Waals surface area contributed by atoms with Gasteiger partial charge in [0.15, 0.2) is 0 Å². The summed E-state index contributed by atoms with van der Waals surface area (Å²) in [6, 6.07) is 2.14. The summed E-state index contributed by atoms with van der Waals surface area (Å²) in [5.41, 5.74) is 1.36. The number of carbonyl (C=O) groups excluding carboxylic acids is 1. The van der Waals surface area contributed by atoms with E-state index in [2.05, 4.69) is 33.0 Å². The van der Waals surface area contributed by atoms with Crippen molar-refractivity contribution in [3.05, 3.63) is 34.3 Å². The number of carbonyl (C=O) groups is 1. The fraction of sp³-hybridized carbons (Fsp3) is 0.444. The molecule has 0 bridgehead atoms. The largest absolute Gasteiger partial charge is 0.361 e. The van der Waals surface area contributed by atoms with Gasteiger partial charge in [0, 0.05) is 31.1 Å². The number of piperazine rings is 1. The van der Waals surface area contributed by atoms with Gasteiger partial charge in [0.2, 0.25) is 0 Å². The molecule has 4 heterocycles. The Morgan fingerprint density at radius 2 is 2.00 bits per heavy atom. The SMILES string of the molecule is CCc1noc(C)c1C(=O)N1CCN(c2ncnc3sc(C)cc23)CC1. The zero-order valence-electron chi connectivity index (χ0n) is 15.2. The molecule has 0 N–H and O–H groups in total. The van der Waals surface area contributed by atoms with Crippen molar-refractivity contribution in [3.8, 4) is 0 Å². The fourth-order valence-corrected chi connectivity index (χ4v) is 4.27. The lowest BCUT2D eigenvalue weighted by molar-refractivity contribution is 0.0744. The van der Waals surface area contributed by atoms with Gasteiger partial charge in [-0.15, -0.1) is 11.3 Å².